The smallest absolute Gasteiger partial charge is 0.207 e. The maximum Gasteiger partial charge on any atom is 0.417 e. The van der Waals surface area contributed by atoms with Crippen LogP contribution in [0, 0.1) is 18.3 Å². The fourth-order valence-corrected chi connectivity index (χ4v) is 2.48. The molecular weight excluding hydrogens is 279 g/mol. The van der Waals surface area contributed by atoms with Crippen molar-refractivity contribution in [3.63, 3.8) is 0 Å². The molecule has 92 valence electrons. The molecule has 1 rings (SSSR count). The minimum Gasteiger partial charge on any atom is -0.207 e. The Balaban J connectivity index is 3.65. The molecule has 0 spiro atoms. The zero-order chi connectivity index (χ0) is 13.4. The summed E-state index contributed by atoms with van der Waals surface area (Å²) in [5.74, 6) is 0. The van der Waals surface area contributed by atoms with Gasteiger partial charge in [-0.25, -0.2) is 8.42 Å². The third-order valence-corrected chi connectivity index (χ3v) is 3.47. The number of halogens is 4. The number of rotatable bonds is 1. The zero-order valence-electron chi connectivity index (χ0n) is 8.34. The number of nitriles is 1. The van der Waals surface area contributed by atoms with E-state index < -0.39 is 31.2 Å². The molecule has 0 N–H and O–H groups in total. The summed E-state index contributed by atoms with van der Waals surface area (Å²) >= 11 is 0. The van der Waals surface area contributed by atoms with E-state index in [0.29, 0.717) is 12.1 Å². The Bertz CT molecular complexity index is 602. The van der Waals surface area contributed by atoms with Crippen molar-refractivity contribution in [2.75, 3.05) is 0 Å². The lowest BCUT2D eigenvalue weighted by atomic mass is 10.1. The molecule has 0 aliphatic rings. The van der Waals surface area contributed by atoms with Crippen molar-refractivity contribution in [3.05, 3.63) is 28.8 Å². The zero-order valence-corrected chi connectivity index (χ0v) is 9.91. The molecular formula is C9H5ClF3NO2S. The Kier molecular flexibility index (Phi) is 3.41. The lowest BCUT2D eigenvalue weighted by Crippen LogP contribution is -2.10. The Hall–Kier alpha value is -1.26. The van der Waals surface area contributed by atoms with Crippen LogP contribution in [0.3, 0.4) is 0 Å². The van der Waals surface area contributed by atoms with Crippen molar-refractivity contribution < 1.29 is 21.6 Å². The summed E-state index contributed by atoms with van der Waals surface area (Å²) in [4.78, 5) is -0.497. The summed E-state index contributed by atoms with van der Waals surface area (Å²) in [6, 6.07) is 2.52. The Morgan fingerprint density at radius 3 is 2.24 bits per heavy atom. The lowest BCUT2D eigenvalue weighted by Gasteiger charge is -2.11. The highest BCUT2D eigenvalue weighted by Crippen LogP contribution is 2.34. The minimum absolute atomic E-state index is 0.161. The van der Waals surface area contributed by atoms with Crippen molar-refractivity contribution in [1.29, 1.82) is 5.26 Å². The number of aryl methyl sites for hydroxylation is 1. The van der Waals surface area contributed by atoms with Crippen LogP contribution in [-0.4, -0.2) is 8.42 Å². The van der Waals surface area contributed by atoms with E-state index in [-0.39, 0.29) is 5.56 Å². The minimum atomic E-state index is -4.72. The van der Waals surface area contributed by atoms with Crippen molar-refractivity contribution in [3.8, 4) is 6.07 Å². The maximum absolute atomic E-state index is 12.5. The molecule has 8 heteroatoms. The number of alkyl halides is 3. The molecule has 17 heavy (non-hydrogen) atoms. The highest BCUT2D eigenvalue weighted by Gasteiger charge is 2.35. The summed E-state index contributed by atoms with van der Waals surface area (Å²) < 4.78 is 59.6. The van der Waals surface area contributed by atoms with E-state index in [0.717, 1.165) is 0 Å². The summed E-state index contributed by atoms with van der Waals surface area (Å²) in [5.41, 5.74) is -2.12. The van der Waals surface area contributed by atoms with E-state index in [2.05, 4.69) is 0 Å². The predicted octanol–water partition coefficient (Wildman–Crippen LogP) is 2.81. The van der Waals surface area contributed by atoms with Crippen LogP contribution in [0.4, 0.5) is 13.2 Å². The molecule has 0 bridgehead atoms. The summed E-state index contributed by atoms with van der Waals surface area (Å²) in [6.45, 7) is 1.17. The largest absolute Gasteiger partial charge is 0.417 e. The van der Waals surface area contributed by atoms with Gasteiger partial charge in [-0.15, -0.1) is 0 Å². The number of benzene rings is 1. The van der Waals surface area contributed by atoms with Gasteiger partial charge in [0.2, 0.25) is 0 Å². The van der Waals surface area contributed by atoms with E-state index in [1.165, 1.54) is 13.0 Å². The lowest BCUT2D eigenvalue weighted by molar-refractivity contribution is -0.137. The fourth-order valence-electron chi connectivity index (χ4n) is 1.28. The Labute approximate surface area is 99.8 Å². The van der Waals surface area contributed by atoms with Gasteiger partial charge in [-0.05, 0) is 24.6 Å². The summed E-state index contributed by atoms with van der Waals surface area (Å²) in [5, 5.41) is 8.57. The van der Waals surface area contributed by atoms with E-state index in [1.807, 2.05) is 0 Å². The number of hydrogen-bond acceptors (Lipinski definition) is 3. The van der Waals surface area contributed by atoms with Crippen molar-refractivity contribution in [2.24, 2.45) is 0 Å². The van der Waals surface area contributed by atoms with E-state index in [1.54, 1.807) is 0 Å². The molecule has 3 nitrogen and oxygen atoms in total. The second kappa shape index (κ2) is 4.20. The van der Waals surface area contributed by atoms with Gasteiger partial charge in [0.1, 0.15) is 0 Å². The predicted molar refractivity (Wildman–Crippen MR) is 53.9 cm³/mol. The van der Waals surface area contributed by atoms with Crippen LogP contribution < -0.4 is 0 Å². The monoisotopic (exact) mass is 283 g/mol. The molecule has 0 aliphatic carbocycles. The third-order valence-electron chi connectivity index (χ3n) is 2.00. The molecule has 0 atom stereocenters. The maximum atomic E-state index is 12.5. The summed E-state index contributed by atoms with van der Waals surface area (Å²) in [7, 11) is 0.866. The van der Waals surface area contributed by atoms with E-state index >= 15 is 0 Å². The molecule has 0 saturated heterocycles. The second-order valence-corrected chi connectivity index (χ2v) is 5.75. The molecule has 0 aromatic heterocycles. The van der Waals surface area contributed by atoms with Crippen LogP contribution in [-0.2, 0) is 15.2 Å². The van der Waals surface area contributed by atoms with Crippen LogP contribution >= 0.6 is 10.7 Å². The van der Waals surface area contributed by atoms with Gasteiger partial charge in [-0.1, -0.05) is 0 Å². The van der Waals surface area contributed by atoms with E-state index in [9.17, 15) is 21.6 Å². The highest BCUT2D eigenvalue weighted by molar-refractivity contribution is 8.13. The van der Waals surface area contributed by atoms with Crippen LogP contribution in [0.15, 0.2) is 17.0 Å². The standard InChI is InChI=1S/C9H5ClF3NO2S/c1-5-2-7(9(11,12)13)6(4-14)3-8(5)17(10,15)16/h2-3H,1H3. The van der Waals surface area contributed by atoms with Gasteiger partial charge in [-0.2, -0.15) is 18.4 Å². The first-order valence-electron chi connectivity index (χ1n) is 4.14. The quantitative estimate of drug-likeness (QED) is 0.745. The first-order chi connectivity index (χ1) is 7.57. The SMILES string of the molecule is Cc1cc(C(F)(F)F)c(C#N)cc1S(=O)(=O)Cl. The van der Waals surface area contributed by atoms with Gasteiger partial charge < -0.3 is 0 Å². The normalized spacial score (nSPS) is 12.2. The summed E-state index contributed by atoms with van der Waals surface area (Å²) in [6.07, 6.45) is -4.72. The third kappa shape index (κ3) is 2.90. The first kappa shape index (κ1) is 13.8. The van der Waals surface area contributed by atoms with Crippen molar-refractivity contribution in [1.82, 2.24) is 0 Å². The van der Waals surface area contributed by atoms with Gasteiger partial charge >= 0.3 is 6.18 Å². The van der Waals surface area contributed by atoms with Crippen LogP contribution in [0.5, 0.6) is 0 Å². The molecule has 0 unspecified atom stereocenters. The van der Waals surface area contributed by atoms with Crippen molar-refractivity contribution >= 4 is 19.7 Å². The van der Waals surface area contributed by atoms with Gasteiger partial charge in [-0.3, -0.25) is 0 Å². The topological polar surface area (TPSA) is 57.9 Å². The van der Waals surface area contributed by atoms with E-state index in [4.69, 9.17) is 15.9 Å². The second-order valence-electron chi connectivity index (χ2n) is 3.21. The molecule has 0 aliphatic heterocycles. The average molecular weight is 284 g/mol. The molecule has 0 saturated carbocycles. The van der Waals surface area contributed by atoms with Crippen LogP contribution in [0.25, 0.3) is 0 Å². The molecule has 0 amide bonds. The fraction of sp³-hybridized carbons (Fsp3) is 0.222. The van der Waals surface area contributed by atoms with Gasteiger partial charge in [0.15, 0.2) is 0 Å². The molecule has 1 aromatic carbocycles. The van der Waals surface area contributed by atoms with Crippen LogP contribution in [0.1, 0.15) is 16.7 Å². The highest BCUT2D eigenvalue weighted by atomic mass is 35.7. The molecule has 0 fully saturated rings. The molecule has 1 aromatic rings. The Morgan fingerprint density at radius 2 is 1.88 bits per heavy atom. The Morgan fingerprint density at radius 1 is 1.35 bits per heavy atom. The van der Waals surface area contributed by atoms with Crippen LogP contribution in [0.2, 0.25) is 0 Å². The average Bonchev–Trinajstić information content (AvgIpc) is 2.14. The van der Waals surface area contributed by atoms with Gasteiger partial charge in [0.25, 0.3) is 9.05 Å². The van der Waals surface area contributed by atoms with Crippen molar-refractivity contribution in [2.45, 2.75) is 18.0 Å². The number of nitrogens with zero attached hydrogens (tertiary/aromatic N) is 1. The molecule has 0 heterocycles. The molecule has 0 radical (unpaired) electrons. The van der Waals surface area contributed by atoms with Gasteiger partial charge in [0, 0.05) is 10.7 Å². The first-order valence-corrected chi connectivity index (χ1v) is 6.45. The number of hydrogen-bond donors (Lipinski definition) is 0. The van der Waals surface area contributed by atoms with Gasteiger partial charge in [0.05, 0.1) is 22.1 Å².